The van der Waals surface area contributed by atoms with E-state index in [1.165, 1.54) is 28.4 Å². The molecule has 5 nitrogen and oxygen atoms in total. The van der Waals surface area contributed by atoms with E-state index in [0.29, 0.717) is 17.3 Å². The van der Waals surface area contributed by atoms with Crippen LogP contribution in [0, 0.1) is 6.92 Å². The second kappa shape index (κ2) is 6.82. The van der Waals surface area contributed by atoms with Gasteiger partial charge in [-0.1, -0.05) is 0 Å². The Bertz CT molecular complexity index is 506. The third-order valence-electron chi connectivity index (χ3n) is 2.94. The van der Waals surface area contributed by atoms with E-state index in [1.54, 1.807) is 11.3 Å². The van der Waals surface area contributed by atoms with E-state index in [9.17, 15) is 9.59 Å². The molecule has 1 N–H and O–H groups in total. The molecule has 20 heavy (non-hydrogen) atoms. The lowest BCUT2D eigenvalue weighted by atomic mass is 10.3. The average Bonchev–Trinajstić information content (AvgIpc) is 2.95. The molecule has 2 unspecified atom stereocenters. The minimum absolute atomic E-state index is 0.0642. The van der Waals surface area contributed by atoms with Crippen LogP contribution in [0.3, 0.4) is 0 Å². The minimum Gasteiger partial charge on any atom is -0.480 e. The van der Waals surface area contributed by atoms with Gasteiger partial charge in [-0.25, -0.2) is 9.78 Å². The first kappa shape index (κ1) is 15.7. The molecule has 1 aromatic heterocycles. The number of thiazole rings is 1. The van der Waals surface area contributed by atoms with Crippen molar-refractivity contribution in [2.75, 3.05) is 11.5 Å². The van der Waals surface area contributed by atoms with Gasteiger partial charge in [-0.15, -0.1) is 34.9 Å². The number of carbonyl (C=O) groups excluding carboxylic acids is 1. The van der Waals surface area contributed by atoms with Crippen LogP contribution in [0.15, 0.2) is 5.38 Å². The van der Waals surface area contributed by atoms with Gasteiger partial charge in [0, 0.05) is 16.9 Å². The maximum absolute atomic E-state index is 12.2. The van der Waals surface area contributed by atoms with Crippen molar-refractivity contribution >= 4 is 46.7 Å². The maximum atomic E-state index is 12.2. The van der Waals surface area contributed by atoms with Crippen LogP contribution in [-0.2, 0) is 15.3 Å². The molecule has 0 bridgehead atoms. The summed E-state index contributed by atoms with van der Waals surface area (Å²) in [6, 6.07) is -0.690. The first-order chi connectivity index (χ1) is 9.49. The number of hydrogen-bond acceptors (Lipinski definition) is 6. The third kappa shape index (κ3) is 3.67. The summed E-state index contributed by atoms with van der Waals surface area (Å²) in [6.45, 7) is 3.82. The Hall–Kier alpha value is -0.730. The van der Waals surface area contributed by atoms with Crippen LogP contribution >= 0.6 is 34.9 Å². The predicted molar refractivity (Wildman–Crippen MR) is 83.2 cm³/mol. The van der Waals surface area contributed by atoms with Crippen molar-refractivity contribution in [2.45, 2.75) is 31.0 Å². The third-order valence-corrected chi connectivity index (χ3v) is 5.93. The number of rotatable bonds is 5. The van der Waals surface area contributed by atoms with Gasteiger partial charge >= 0.3 is 5.97 Å². The molecule has 0 saturated carbocycles. The second-order valence-electron chi connectivity index (χ2n) is 4.44. The molecule has 0 aliphatic carbocycles. The number of aromatic nitrogens is 1. The van der Waals surface area contributed by atoms with Gasteiger partial charge in [-0.2, -0.15) is 0 Å². The Morgan fingerprint density at radius 3 is 2.95 bits per heavy atom. The van der Waals surface area contributed by atoms with E-state index in [-0.39, 0.29) is 11.3 Å². The zero-order valence-electron chi connectivity index (χ0n) is 11.2. The Labute approximate surface area is 130 Å². The summed E-state index contributed by atoms with van der Waals surface area (Å²) in [4.78, 5) is 29.1. The van der Waals surface area contributed by atoms with Crippen molar-refractivity contribution in [1.82, 2.24) is 9.88 Å². The summed E-state index contributed by atoms with van der Waals surface area (Å²) < 4.78 is 0. The highest BCUT2D eigenvalue weighted by molar-refractivity contribution is 8.00. The molecule has 1 amide bonds. The molecular weight excluding hydrogens is 316 g/mol. The topological polar surface area (TPSA) is 70.5 Å². The van der Waals surface area contributed by atoms with Crippen molar-refractivity contribution in [1.29, 1.82) is 0 Å². The van der Waals surface area contributed by atoms with Crippen molar-refractivity contribution in [3.8, 4) is 0 Å². The number of hydrogen-bond donors (Lipinski definition) is 1. The zero-order valence-corrected chi connectivity index (χ0v) is 13.7. The van der Waals surface area contributed by atoms with Crippen LogP contribution in [0.1, 0.15) is 17.6 Å². The molecule has 1 aliphatic heterocycles. The average molecular weight is 332 g/mol. The van der Waals surface area contributed by atoms with Crippen LogP contribution in [0.4, 0.5) is 0 Å². The first-order valence-electron chi connectivity index (χ1n) is 6.13. The van der Waals surface area contributed by atoms with Crippen LogP contribution in [0.2, 0.25) is 0 Å². The molecule has 1 fully saturated rings. The Morgan fingerprint density at radius 1 is 1.60 bits per heavy atom. The molecule has 0 aromatic carbocycles. The maximum Gasteiger partial charge on any atom is 0.327 e. The van der Waals surface area contributed by atoms with Crippen LogP contribution in [0.5, 0.6) is 0 Å². The van der Waals surface area contributed by atoms with Crippen LogP contribution in [0.25, 0.3) is 0 Å². The van der Waals surface area contributed by atoms with Gasteiger partial charge in [-0.05, 0) is 13.8 Å². The molecule has 2 heterocycles. The van der Waals surface area contributed by atoms with Gasteiger partial charge in [0.1, 0.15) is 6.04 Å². The van der Waals surface area contributed by atoms with Gasteiger partial charge < -0.3 is 10.0 Å². The second-order valence-corrected chi connectivity index (χ2v) is 7.84. The minimum atomic E-state index is -0.921. The highest BCUT2D eigenvalue weighted by Crippen LogP contribution is 2.29. The van der Waals surface area contributed by atoms with Gasteiger partial charge in [0.2, 0.25) is 5.91 Å². The van der Waals surface area contributed by atoms with Crippen molar-refractivity contribution in [3.63, 3.8) is 0 Å². The summed E-state index contributed by atoms with van der Waals surface area (Å²) in [7, 11) is 0. The quantitative estimate of drug-likeness (QED) is 0.890. The van der Waals surface area contributed by atoms with Crippen LogP contribution in [-0.4, -0.2) is 49.8 Å². The van der Waals surface area contributed by atoms with E-state index >= 15 is 0 Å². The smallest absolute Gasteiger partial charge is 0.327 e. The Balaban J connectivity index is 1.86. The predicted octanol–water partition coefficient (Wildman–Crippen LogP) is 2.06. The Kier molecular flexibility index (Phi) is 5.34. The van der Waals surface area contributed by atoms with Gasteiger partial charge in [-0.3, -0.25) is 4.79 Å². The molecule has 1 aliphatic rings. The Morgan fingerprint density at radius 2 is 2.35 bits per heavy atom. The number of aryl methyl sites for hydroxylation is 1. The highest BCUT2D eigenvalue weighted by atomic mass is 32.2. The molecule has 1 aromatic rings. The number of thioether (sulfide) groups is 2. The van der Waals surface area contributed by atoms with Gasteiger partial charge in [0.15, 0.2) is 0 Å². The lowest BCUT2D eigenvalue weighted by molar-refractivity contribution is -0.147. The number of nitrogens with zero attached hydrogens (tertiary/aromatic N) is 2. The van der Waals surface area contributed by atoms with Crippen molar-refractivity contribution in [3.05, 3.63) is 16.1 Å². The lowest BCUT2D eigenvalue weighted by Crippen LogP contribution is -2.45. The molecule has 2 rings (SSSR count). The fraction of sp³-hybridized carbons (Fsp3) is 0.583. The van der Waals surface area contributed by atoms with Gasteiger partial charge in [0.05, 0.1) is 21.8 Å². The number of amides is 1. The molecule has 110 valence electrons. The number of carboxylic acid groups (broad SMARTS) is 1. The molecule has 0 spiro atoms. The van der Waals surface area contributed by atoms with E-state index in [0.717, 1.165) is 10.7 Å². The van der Waals surface area contributed by atoms with E-state index in [2.05, 4.69) is 4.98 Å². The SMILES string of the molecule is Cc1nc(CSCC(=O)N2C(C)SCC2C(=O)O)cs1. The van der Waals surface area contributed by atoms with Gasteiger partial charge in [0.25, 0.3) is 0 Å². The standard InChI is InChI=1S/C12H16N2O3S3/c1-7-13-9(4-19-7)3-18-6-11(15)14-8(2)20-5-10(14)12(16)17/h4,8,10H,3,5-6H2,1-2H3,(H,16,17). The molecule has 8 heteroatoms. The molecule has 2 atom stereocenters. The lowest BCUT2D eigenvalue weighted by Gasteiger charge is -2.24. The fourth-order valence-corrected chi connectivity index (χ4v) is 4.69. The highest BCUT2D eigenvalue weighted by Gasteiger charge is 2.39. The van der Waals surface area contributed by atoms with Crippen molar-refractivity contribution < 1.29 is 14.7 Å². The number of carboxylic acids is 1. The zero-order chi connectivity index (χ0) is 14.7. The monoisotopic (exact) mass is 332 g/mol. The number of aliphatic carboxylic acids is 1. The molecule has 0 radical (unpaired) electrons. The fourth-order valence-electron chi connectivity index (χ4n) is 2.00. The largest absolute Gasteiger partial charge is 0.480 e. The first-order valence-corrected chi connectivity index (χ1v) is 9.21. The summed E-state index contributed by atoms with van der Waals surface area (Å²) >= 11 is 4.58. The summed E-state index contributed by atoms with van der Waals surface area (Å²) in [6.07, 6.45) is 0. The molecular formula is C12H16N2O3S3. The normalized spacial score (nSPS) is 22.2. The van der Waals surface area contributed by atoms with E-state index in [4.69, 9.17) is 5.11 Å². The molecule has 1 saturated heterocycles. The summed E-state index contributed by atoms with van der Waals surface area (Å²) in [5, 5.41) is 12.1. The van der Waals surface area contributed by atoms with Crippen molar-refractivity contribution in [2.24, 2.45) is 0 Å². The van der Waals surface area contributed by atoms with E-state index in [1.807, 2.05) is 19.2 Å². The summed E-state index contributed by atoms with van der Waals surface area (Å²) in [5.74, 6) is 0.425. The summed E-state index contributed by atoms with van der Waals surface area (Å²) in [5.41, 5.74) is 0.976. The van der Waals surface area contributed by atoms with Crippen LogP contribution < -0.4 is 0 Å². The van der Waals surface area contributed by atoms with E-state index < -0.39 is 12.0 Å². The number of carbonyl (C=O) groups is 2.